The third-order valence-electron chi connectivity index (χ3n) is 6.37. The van der Waals surface area contributed by atoms with Crippen molar-refractivity contribution in [2.75, 3.05) is 29.5 Å². The van der Waals surface area contributed by atoms with Gasteiger partial charge in [0.2, 0.25) is 11.8 Å². The molecule has 2 saturated heterocycles. The maximum absolute atomic E-state index is 12.8. The maximum atomic E-state index is 12.8. The third-order valence-corrected chi connectivity index (χ3v) is 6.37. The minimum Gasteiger partial charge on any atom is -0.396 e. The highest BCUT2D eigenvalue weighted by Gasteiger charge is 2.49. The number of aliphatic hydroxyl groups excluding tert-OH is 1. The molecule has 1 saturated carbocycles. The van der Waals surface area contributed by atoms with Crippen LogP contribution in [0.2, 0.25) is 0 Å². The number of anilines is 2. The van der Waals surface area contributed by atoms with E-state index in [1.807, 2.05) is 4.90 Å². The number of amides is 2. The fourth-order valence-corrected chi connectivity index (χ4v) is 4.91. The van der Waals surface area contributed by atoms with Crippen LogP contribution in [0.4, 0.5) is 17.1 Å². The first kappa shape index (κ1) is 18.9. The van der Waals surface area contributed by atoms with Crippen LogP contribution in [-0.4, -0.2) is 41.5 Å². The summed E-state index contributed by atoms with van der Waals surface area (Å²) in [6.45, 7) is 1.30. The molecular formula is C20H25N3O5. The number of benzene rings is 1. The Hall–Kier alpha value is -2.48. The standard InChI is InChI=1S/C20H25N3O5/c24-12-13-4-3-9-21(11-13)17-8-7-14(10-18(17)23(27)28)22-19(25)15-5-1-2-6-16(15)20(22)26/h7-8,10,13,15-16,24H,1-6,9,11-12H2/t13-,15-,16+/m0/s1. The molecule has 8 heteroatoms. The van der Waals surface area contributed by atoms with Crippen LogP contribution in [0, 0.1) is 27.9 Å². The Morgan fingerprint density at radius 1 is 1.07 bits per heavy atom. The molecule has 150 valence electrons. The highest BCUT2D eigenvalue weighted by atomic mass is 16.6. The minimum absolute atomic E-state index is 0.0575. The quantitative estimate of drug-likeness (QED) is 0.484. The van der Waals surface area contributed by atoms with Crippen molar-refractivity contribution in [2.45, 2.75) is 38.5 Å². The second kappa shape index (κ2) is 7.50. The molecule has 2 heterocycles. The summed E-state index contributed by atoms with van der Waals surface area (Å²) in [5.41, 5.74) is 0.658. The number of carbonyl (C=O) groups excluding carboxylic acids is 2. The summed E-state index contributed by atoms with van der Waals surface area (Å²) >= 11 is 0. The number of hydrogen-bond acceptors (Lipinski definition) is 6. The van der Waals surface area contributed by atoms with E-state index in [-0.39, 0.29) is 47.5 Å². The summed E-state index contributed by atoms with van der Waals surface area (Å²) in [4.78, 5) is 39.9. The molecule has 8 nitrogen and oxygen atoms in total. The number of imide groups is 1. The SMILES string of the molecule is O=C1[C@H]2CCCC[C@H]2C(=O)N1c1ccc(N2CCC[C@H](CO)C2)c([N+](=O)[O-])c1. The van der Waals surface area contributed by atoms with Gasteiger partial charge in [-0.15, -0.1) is 0 Å². The van der Waals surface area contributed by atoms with Gasteiger partial charge >= 0.3 is 0 Å². The predicted octanol–water partition coefficient (Wildman–Crippen LogP) is 2.48. The van der Waals surface area contributed by atoms with Gasteiger partial charge in [0.15, 0.2) is 0 Å². The molecule has 28 heavy (non-hydrogen) atoms. The Balaban J connectivity index is 1.66. The maximum Gasteiger partial charge on any atom is 0.294 e. The van der Waals surface area contributed by atoms with Gasteiger partial charge in [-0.25, -0.2) is 4.90 Å². The summed E-state index contributed by atoms with van der Waals surface area (Å²) in [6, 6.07) is 4.62. The zero-order chi connectivity index (χ0) is 19.8. The molecule has 3 aliphatic rings. The van der Waals surface area contributed by atoms with Gasteiger partial charge in [-0.2, -0.15) is 0 Å². The van der Waals surface area contributed by atoms with Gasteiger partial charge in [-0.05, 0) is 43.7 Å². The molecule has 0 aromatic heterocycles. The van der Waals surface area contributed by atoms with Crippen molar-refractivity contribution in [3.05, 3.63) is 28.3 Å². The number of hydrogen-bond donors (Lipinski definition) is 1. The van der Waals surface area contributed by atoms with Gasteiger partial charge in [0, 0.05) is 25.8 Å². The monoisotopic (exact) mass is 387 g/mol. The van der Waals surface area contributed by atoms with Crippen molar-refractivity contribution in [2.24, 2.45) is 17.8 Å². The Kier molecular flexibility index (Phi) is 5.05. The molecule has 1 aromatic rings. The first-order valence-corrected chi connectivity index (χ1v) is 10.0. The van der Waals surface area contributed by atoms with E-state index in [2.05, 4.69) is 0 Å². The molecule has 2 aliphatic heterocycles. The van der Waals surface area contributed by atoms with Crippen LogP contribution in [0.3, 0.4) is 0 Å². The summed E-state index contributed by atoms with van der Waals surface area (Å²) < 4.78 is 0. The number of piperidine rings is 1. The molecule has 0 radical (unpaired) electrons. The average molecular weight is 387 g/mol. The summed E-state index contributed by atoms with van der Waals surface area (Å²) in [7, 11) is 0. The van der Waals surface area contributed by atoms with Crippen LogP contribution in [0.1, 0.15) is 38.5 Å². The molecule has 3 fully saturated rings. The molecule has 0 unspecified atom stereocenters. The predicted molar refractivity (Wildman–Crippen MR) is 103 cm³/mol. The van der Waals surface area contributed by atoms with Gasteiger partial charge in [-0.3, -0.25) is 19.7 Å². The highest BCUT2D eigenvalue weighted by molar-refractivity contribution is 6.22. The molecule has 1 N–H and O–H groups in total. The first-order chi connectivity index (χ1) is 13.5. The molecule has 2 amide bonds. The van der Waals surface area contributed by atoms with E-state index in [0.717, 1.165) is 30.6 Å². The van der Waals surface area contributed by atoms with Gasteiger partial charge in [0.1, 0.15) is 5.69 Å². The van der Waals surface area contributed by atoms with Gasteiger partial charge < -0.3 is 10.0 Å². The second-order valence-corrected chi connectivity index (χ2v) is 8.08. The van der Waals surface area contributed by atoms with Gasteiger partial charge in [0.05, 0.1) is 22.4 Å². The van der Waals surface area contributed by atoms with E-state index in [1.54, 1.807) is 12.1 Å². The van der Waals surface area contributed by atoms with E-state index in [0.29, 0.717) is 31.6 Å². The Labute approximate surface area is 163 Å². The van der Waals surface area contributed by atoms with E-state index in [9.17, 15) is 24.8 Å². The fourth-order valence-electron chi connectivity index (χ4n) is 4.91. The molecule has 3 atom stereocenters. The third kappa shape index (κ3) is 3.15. The number of nitro benzene ring substituents is 1. The van der Waals surface area contributed by atoms with E-state index in [4.69, 9.17) is 0 Å². The van der Waals surface area contributed by atoms with Gasteiger partial charge in [-0.1, -0.05) is 12.8 Å². The highest BCUT2D eigenvalue weighted by Crippen LogP contribution is 2.42. The zero-order valence-corrected chi connectivity index (χ0v) is 15.7. The number of fused-ring (bicyclic) bond motifs is 1. The van der Waals surface area contributed by atoms with Crippen LogP contribution in [0.25, 0.3) is 0 Å². The molecule has 0 bridgehead atoms. The Morgan fingerprint density at radius 3 is 2.36 bits per heavy atom. The topological polar surface area (TPSA) is 104 Å². The van der Waals surface area contributed by atoms with Crippen LogP contribution in [0.15, 0.2) is 18.2 Å². The Bertz CT molecular complexity index is 787. The minimum atomic E-state index is -0.459. The fraction of sp³-hybridized carbons (Fsp3) is 0.600. The van der Waals surface area contributed by atoms with Crippen LogP contribution < -0.4 is 9.80 Å². The van der Waals surface area contributed by atoms with Crippen molar-refractivity contribution in [1.29, 1.82) is 0 Å². The Morgan fingerprint density at radius 2 is 1.75 bits per heavy atom. The van der Waals surface area contributed by atoms with Gasteiger partial charge in [0.25, 0.3) is 5.69 Å². The van der Waals surface area contributed by atoms with Crippen LogP contribution in [0.5, 0.6) is 0 Å². The lowest BCUT2D eigenvalue weighted by molar-refractivity contribution is -0.384. The van der Waals surface area contributed by atoms with E-state index in [1.165, 1.54) is 6.07 Å². The van der Waals surface area contributed by atoms with Crippen molar-refractivity contribution in [3.63, 3.8) is 0 Å². The number of nitro groups is 1. The second-order valence-electron chi connectivity index (χ2n) is 8.08. The first-order valence-electron chi connectivity index (χ1n) is 10.0. The summed E-state index contributed by atoms with van der Waals surface area (Å²) in [6.07, 6.45) is 5.06. The summed E-state index contributed by atoms with van der Waals surface area (Å²) in [5, 5.41) is 21.2. The number of carbonyl (C=O) groups is 2. The molecular weight excluding hydrogens is 362 g/mol. The van der Waals surface area contributed by atoms with E-state index < -0.39 is 4.92 Å². The number of nitrogens with zero attached hydrogens (tertiary/aromatic N) is 3. The van der Waals surface area contributed by atoms with Crippen molar-refractivity contribution < 1.29 is 19.6 Å². The number of rotatable bonds is 4. The van der Waals surface area contributed by atoms with E-state index >= 15 is 0 Å². The van der Waals surface area contributed by atoms with Crippen molar-refractivity contribution >= 4 is 28.9 Å². The molecule has 4 rings (SSSR count). The lowest BCUT2D eigenvalue weighted by Gasteiger charge is -2.33. The molecule has 0 spiro atoms. The largest absolute Gasteiger partial charge is 0.396 e. The summed E-state index contributed by atoms with van der Waals surface area (Å²) in [5.74, 6) is -0.928. The normalized spacial score (nSPS) is 27.8. The smallest absolute Gasteiger partial charge is 0.294 e. The van der Waals surface area contributed by atoms with Crippen LogP contribution >= 0.6 is 0 Å². The average Bonchev–Trinajstić information content (AvgIpc) is 2.98. The van der Waals surface area contributed by atoms with Crippen LogP contribution in [-0.2, 0) is 9.59 Å². The lowest BCUT2D eigenvalue weighted by Crippen LogP contribution is -2.37. The molecule has 1 aliphatic carbocycles. The lowest BCUT2D eigenvalue weighted by atomic mass is 9.81. The van der Waals surface area contributed by atoms with Crippen molar-refractivity contribution in [3.8, 4) is 0 Å². The van der Waals surface area contributed by atoms with Crippen molar-refractivity contribution in [1.82, 2.24) is 0 Å². The zero-order valence-electron chi connectivity index (χ0n) is 15.7. The number of aliphatic hydroxyl groups is 1. The molecule has 1 aromatic carbocycles.